The lowest BCUT2D eigenvalue weighted by Crippen LogP contribution is -2.28. The van der Waals surface area contributed by atoms with Gasteiger partial charge < -0.3 is 15.6 Å². The van der Waals surface area contributed by atoms with E-state index >= 15 is 0 Å². The average Bonchev–Trinajstić information content (AvgIpc) is 2.60. The lowest BCUT2D eigenvalue weighted by Gasteiger charge is -2.14. The molecule has 2 atom stereocenters. The van der Waals surface area contributed by atoms with Crippen LogP contribution in [0.5, 0.6) is 0 Å². The van der Waals surface area contributed by atoms with Crippen LogP contribution in [0, 0.1) is 0 Å². The molecule has 0 saturated heterocycles. The van der Waals surface area contributed by atoms with Crippen molar-refractivity contribution in [2.75, 3.05) is 12.3 Å². The third-order valence-corrected chi connectivity index (χ3v) is 2.17. The van der Waals surface area contributed by atoms with Gasteiger partial charge in [0.05, 0.1) is 6.61 Å². The highest BCUT2D eigenvalue weighted by Gasteiger charge is 2.29. The van der Waals surface area contributed by atoms with Crippen LogP contribution in [-0.2, 0) is 4.74 Å². The number of anilines is 1. The highest BCUT2D eigenvalue weighted by molar-refractivity contribution is 5.24. The Morgan fingerprint density at radius 2 is 2.44 bits per heavy atom. The van der Waals surface area contributed by atoms with Gasteiger partial charge in [-0.05, 0) is 12.1 Å². The fraction of sp³-hybridized carbons (Fsp3) is 0.333. The predicted molar refractivity (Wildman–Crippen MR) is 53.1 cm³/mol. The maximum Gasteiger partial charge on any atom is 0.351 e. The first-order valence-electron chi connectivity index (χ1n) is 4.60. The second-order valence-electron chi connectivity index (χ2n) is 3.30. The summed E-state index contributed by atoms with van der Waals surface area (Å²) in [6.07, 6.45) is 0.503. The third kappa shape index (κ3) is 1.82. The molecule has 86 valence electrons. The Morgan fingerprint density at radius 1 is 1.69 bits per heavy atom. The first-order chi connectivity index (χ1) is 7.61. The Bertz CT molecular complexity index is 485. The molecule has 3 N–H and O–H groups in total. The summed E-state index contributed by atoms with van der Waals surface area (Å²) in [6.45, 7) is -0.346. The normalized spacial score (nSPS) is 24.5. The number of halogens is 1. The molecule has 0 fully saturated rings. The van der Waals surface area contributed by atoms with Crippen LogP contribution in [0.2, 0.25) is 0 Å². The van der Waals surface area contributed by atoms with Crippen LogP contribution in [-0.4, -0.2) is 27.4 Å². The largest absolute Gasteiger partial charge is 0.393 e. The SMILES string of the molecule is Nc1ccn([C@@H]2O[C@H](CO)C=C2F)c(=O)n1. The highest BCUT2D eigenvalue weighted by Crippen LogP contribution is 2.28. The van der Waals surface area contributed by atoms with Crippen LogP contribution >= 0.6 is 0 Å². The van der Waals surface area contributed by atoms with E-state index in [2.05, 4.69) is 4.98 Å². The van der Waals surface area contributed by atoms with Crippen molar-refractivity contribution >= 4 is 5.82 Å². The van der Waals surface area contributed by atoms with Gasteiger partial charge in [-0.15, -0.1) is 0 Å². The van der Waals surface area contributed by atoms with Crippen molar-refractivity contribution in [2.45, 2.75) is 12.3 Å². The van der Waals surface area contributed by atoms with Crippen molar-refractivity contribution in [3.05, 3.63) is 34.7 Å². The lowest BCUT2D eigenvalue weighted by atomic mass is 10.3. The van der Waals surface area contributed by atoms with Crippen LogP contribution in [0.25, 0.3) is 0 Å². The highest BCUT2D eigenvalue weighted by atomic mass is 19.1. The molecule has 0 saturated carbocycles. The van der Waals surface area contributed by atoms with E-state index in [4.69, 9.17) is 15.6 Å². The minimum atomic E-state index is -1.17. The Kier molecular flexibility index (Phi) is 2.71. The van der Waals surface area contributed by atoms with E-state index in [-0.39, 0.29) is 12.4 Å². The molecule has 6 nitrogen and oxygen atoms in total. The summed E-state index contributed by atoms with van der Waals surface area (Å²) in [6, 6.07) is 1.37. The molecule has 0 amide bonds. The first-order valence-corrected chi connectivity index (χ1v) is 4.60. The van der Waals surface area contributed by atoms with Crippen LogP contribution in [0.1, 0.15) is 6.23 Å². The molecule has 1 aliphatic rings. The van der Waals surface area contributed by atoms with Crippen LogP contribution in [0.4, 0.5) is 10.2 Å². The molecular formula is C9H10FN3O3. The van der Waals surface area contributed by atoms with E-state index in [0.29, 0.717) is 0 Å². The van der Waals surface area contributed by atoms with Crippen molar-refractivity contribution < 1.29 is 14.2 Å². The van der Waals surface area contributed by atoms with Crippen molar-refractivity contribution in [2.24, 2.45) is 0 Å². The van der Waals surface area contributed by atoms with Gasteiger partial charge in [0.15, 0.2) is 6.23 Å². The number of nitrogen functional groups attached to an aromatic ring is 1. The molecule has 1 aromatic heterocycles. The Morgan fingerprint density at radius 3 is 3.00 bits per heavy atom. The van der Waals surface area contributed by atoms with Crippen molar-refractivity contribution in [3.63, 3.8) is 0 Å². The summed E-state index contributed by atoms with van der Waals surface area (Å²) in [5.74, 6) is -0.574. The molecule has 1 aromatic rings. The van der Waals surface area contributed by atoms with E-state index < -0.39 is 23.8 Å². The van der Waals surface area contributed by atoms with E-state index in [9.17, 15) is 9.18 Å². The fourth-order valence-electron chi connectivity index (χ4n) is 1.43. The van der Waals surface area contributed by atoms with Gasteiger partial charge in [0, 0.05) is 6.20 Å². The molecular weight excluding hydrogens is 217 g/mol. The number of nitrogens with zero attached hydrogens (tertiary/aromatic N) is 2. The third-order valence-electron chi connectivity index (χ3n) is 2.17. The smallest absolute Gasteiger partial charge is 0.351 e. The maximum absolute atomic E-state index is 13.4. The zero-order valence-corrected chi connectivity index (χ0v) is 8.21. The molecule has 7 heteroatoms. The second kappa shape index (κ2) is 4.03. The van der Waals surface area contributed by atoms with E-state index in [1.807, 2.05) is 0 Å². The maximum atomic E-state index is 13.4. The minimum Gasteiger partial charge on any atom is -0.393 e. The summed E-state index contributed by atoms with van der Waals surface area (Å²) >= 11 is 0. The standard InChI is InChI=1S/C9H10FN3O3/c10-6-3-5(4-14)16-8(6)13-2-1-7(11)12-9(13)15/h1-3,5,8,14H,4H2,(H2,11,12,15)/t5-,8+/m0/s1. The summed E-state index contributed by atoms with van der Waals surface area (Å²) in [5, 5.41) is 8.80. The van der Waals surface area contributed by atoms with E-state index in [1.54, 1.807) is 0 Å². The summed E-state index contributed by atoms with van der Waals surface area (Å²) < 4.78 is 19.5. The Hall–Kier alpha value is -1.73. The van der Waals surface area contributed by atoms with Gasteiger partial charge in [-0.25, -0.2) is 9.18 Å². The van der Waals surface area contributed by atoms with Crippen molar-refractivity contribution in [1.29, 1.82) is 0 Å². The van der Waals surface area contributed by atoms with Gasteiger partial charge in [0.25, 0.3) is 0 Å². The number of aromatic nitrogens is 2. The Labute approximate surface area is 89.8 Å². The van der Waals surface area contributed by atoms with Gasteiger partial charge in [-0.1, -0.05) is 0 Å². The number of ether oxygens (including phenoxy) is 1. The molecule has 2 rings (SSSR count). The lowest BCUT2D eigenvalue weighted by molar-refractivity contribution is -0.0213. The molecule has 16 heavy (non-hydrogen) atoms. The first kappa shape index (κ1) is 10.8. The molecule has 1 aliphatic heterocycles. The number of aliphatic hydroxyl groups excluding tert-OH is 1. The van der Waals surface area contributed by atoms with Crippen LogP contribution in [0.15, 0.2) is 29.0 Å². The molecule has 0 bridgehead atoms. The summed E-state index contributed by atoms with van der Waals surface area (Å²) in [7, 11) is 0. The number of rotatable bonds is 2. The second-order valence-corrected chi connectivity index (χ2v) is 3.30. The zero-order chi connectivity index (χ0) is 11.7. The molecule has 0 unspecified atom stereocenters. The van der Waals surface area contributed by atoms with Gasteiger partial charge in [-0.3, -0.25) is 4.57 Å². The van der Waals surface area contributed by atoms with Gasteiger partial charge >= 0.3 is 5.69 Å². The van der Waals surface area contributed by atoms with Gasteiger partial charge in [0.2, 0.25) is 0 Å². The van der Waals surface area contributed by atoms with Crippen LogP contribution < -0.4 is 11.4 Å². The number of hydrogen-bond donors (Lipinski definition) is 2. The summed E-state index contributed by atoms with van der Waals surface area (Å²) in [4.78, 5) is 14.9. The van der Waals surface area contributed by atoms with Gasteiger partial charge in [-0.2, -0.15) is 4.98 Å². The number of aliphatic hydroxyl groups is 1. The summed E-state index contributed by atoms with van der Waals surface area (Å²) in [5.41, 5.74) is 4.60. The topological polar surface area (TPSA) is 90.4 Å². The quantitative estimate of drug-likeness (QED) is 0.715. The molecule has 2 heterocycles. The molecule has 0 radical (unpaired) electrons. The van der Waals surface area contributed by atoms with E-state index in [0.717, 1.165) is 10.6 Å². The van der Waals surface area contributed by atoms with Crippen LogP contribution in [0.3, 0.4) is 0 Å². The van der Waals surface area contributed by atoms with Crippen molar-refractivity contribution in [1.82, 2.24) is 9.55 Å². The van der Waals surface area contributed by atoms with Gasteiger partial charge in [0.1, 0.15) is 17.7 Å². The number of hydrogen-bond acceptors (Lipinski definition) is 5. The monoisotopic (exact) mass is 227 g/mol. The zero-order valence-electron chi connectivity index (χ0n) is 8.21. The fourth-order valence-corrected chi connectivity index (χ4v) is 1.43. The van der Waals surface area contributed by atoms with E-state index in [1.165, 1.54) is 12.3 Å². The Balaban J connectivity index is 2.33. The van der Waals surface area contributed by atoms with Crippen molar-refractivity contribution in [3.8, 4) is 0 Å². The molecule has 0 aromatic carbocycles. The average molecular weight is 227 g/mol. The molecule has 0 aliphatic carbocycles. The number of nitrogens with two attached hydrogens (primary N) is 1. The minimum absolute atomic E-state index is 0.0577. The predicted octanol–water partition coefficient (Wildman–Crippen LogP) is -0.431. The molecule has 0 spiro atoms.